The van der Waals surface area contributed by atoms with Crippen molar-refractivity contribution in [3.05, 3.63) is 0 Å². The zero-order valence-electron chi connectivity index (χ0n) is 44.4. The summed E-state index contributed by atoms with van der Waals surface area (Å²) in [5, 5.41) is 37.8. The fourth-order valence-electron chi connectivity index (χ4n) is 6.78. The number of ether oxygens (including phenoxy) is 14. The van der Waals surface area contributed by atoms with Gasteiger partial charge in [-0.25, -0.2) is 0 Å². The Bertz CT molecular complexity index is 1600. The molecule has 0 radical (unpaired) electrons. The number of Topliss-reactive ketones (excluding diaryl/α,β-unsaturated/α-hetero) is 1. The van der Waals surface area contributed by atoms with Crippen molar-refractivity contribution in [3.8, 4) is 0 Å². The third-order valence-corrected chi connectivity index (χ3v) is 11.2. The maximum absolute atomic E-state index is 11.4. The van der Waals surface area contributed by atoms with E-state index < -0.39 is 104 Å². The highest BCUT2D eigenvalue weighted by atomic mass is 19.4. The Morgan fingerprint density at radius 2 is 0.811 bits per heavy atom. The van der Waals surface area contributed by atoms with Crippen LogP contribution in [0.1, 0.15) is 83.1 Å². The number of ketones is 1. The van der Waals surface area contributed by atoms with Gasteiger partial charge >= 0.3 is 36.0 Å². The second kappa shape index (κ2) is 37.9. The lowest BCUT2D eigenvalue weighted by Gasteiger charge is -2.43. The topological polar surface area (TPSA) is 313 Å². The largest absolute Gasteiger partial charge is 0.463 e. The lowest BCUT2D eigenvalue weighted by molar-refractivity contribution is -0.302. The van der Waals surface area contributed by atoms with Crippen LogP contribution in [0.2, 0.25) is 0 Å². The number of carbonyl (C=O) groups is 6. The van der Waals surface area contributed by atoms with E-state index in [1.54, 1.807) is 0 Å². The molecule has 3 heterocycles. The molecule has 3 saturated heterocycles. The monoisotopic (exact) mass is 1090 g/mol. The number of carbonyl (C=O) groups excluding carboxylic acids is 6. The standard InChI is InChI=1S/C18H32O8.C14H22O7.C12H24O8.C3H3F3O/c1-6-21-7-8-22-9-10-23-18-17(25-15(5)20)13(3)12(2)16(26-18)11-24-14(4)19;1-7-8(2)13(19-10(4)16)14(20-11(5)17)21-12(7)6-18-9(3)15;1-2-17-3-4-18-5-6-19-12-11(16)10(15)9(14)8(7-13)20-12;1-2(7)3(4,5)6/h12-13,16-18H,6-11H2,1-5H3;7-8,12-14H,6H2,1-5H3;8-16H,2-7H2,1H3;1H3/t12-,13-,16?,17?,18-;7-,8-,12?,13?,14?;8?,9-,10+,11?,12+;/m001./s1. The first kappa shape index (κ1) is 70.3. The predicted octanol–water partition coefficient (Wildman–Crippen LogP) is 1.58. The number of aliphatic hydroxyl groups excluding tert-OH is 4. The van der Waals surface area contributed by atoms with E-state index in [0.29, 0.717) is 53.2 Å². The average Bonchev–Trinajstić information content (AvgIpc) is 3.31. The van der Waals surface area contributed by atoms with Gasteiger partial charge < -0.3 is 86.7 Å². The summed E-state index contributed by atoms with van der Waals surface area (Å²) in [6.45, 7) is 22.6. The molecule has 0 spiro atoms. The van der Waals surface area contributed by atoms with Gasteiger partial charge in [0.05, 0.1) is 71.7 Å². The number of halogens is 3. The SMILES string of the molecule is CC(=O)C(F)(F)F.CC(=O)OCC1OC(OC(C)=O)C(OC(C)=O)[C@@H](C)[C@@H]1C.CCOCCOCCO[C@H]1OC(CO)[C@@H](O)[C@H](O)C1O.CCOCCOCCO[C@H]1OC(COC(C)=O)[C@@H](C)[C@H](C)C1OC(C)=O. The molecule has 7 unspecified atom stereocenters. The van der Waals surface area contributed by atoms with E-state index in [9.17, 15) is 57.3 Å². The van der Waals surface area contributed by atoms with Crippen LogP contribution in [-0.2, 0) is 95.1 Å². The number of rotatable bonds is 24. The molecule has 0 aromatic rings. The Morgan fingerprint density at radius 3 is 1.18 bits per heavy atom. The zero-order chi connectivity index (χ0) is 56.7. The number of esters is 5. The van der Waals surface area contributed by atoms with Gasteiger partial charge in [-0.15, -0.1) is 0 Å². The van der Waals surface area contributed by atoms with E-state index in [1.807, 2.05) is 41.5 Å². The van der Waals surface area contributed by atoms with Gasteiger partial charge in [0.25, 0.3) is 0 Å². The van der Waals surface area contributed by atoms with Crippen molar-refractivity contribution in [3.63, 3.8) is 0 Å². The van der Waals surface area contributed by atoms with E-state index >= 15 is 0 Å². The minimum absolute atomic E-state index is 0.0166. The third kappa shape index (κ3) is 28.4. The molecule has 3 fully saturated rings. The van der Waals surface area contributed by atoms with Gasteiger partial charge in [-0.2, -0.15) is 13.2 Å². The smallest absolute Gasteiger partial charge is 0.449 e. The second-order valence-electron chi connectivity index (χ2n) is 17.0. The van der Waals surface area contributed by atoms with Crippen molar-refractivity contribution in [2.45, 2.75) is 157 Å². The van der Waals surface area contributed by atoms with Gasteiger partial charge in [0.1, 0.15) is 37.6 Å². The van der Waals surface area contributed by atoms with Crippen LogP contribution in [0.25, 0.3) is 0 Å². The van der Waals surface area contributed by atoms with Gasteiger partial charge in [0.2, 0.25) is 12.1 Å². The van der Waals surface area contributed by atoms with E-state index in [1.165, 1.54) is 34.6 Å². The zero-order valence-corrected chi connectivity index (χ0v) is 44.4. The van der Waals surface area contributed by atoms with E-state index in [0.717, 1.165) is 0 Å². The number of hydrogen-bond acceptors (Lipinski definition) is 24. The first-order valence-electron chi connectivity index (χ1n) is 24.2. The van der Waals surface area contributed by atoms with Crippen molar-refractivity contribution in [1.29, 1.82) is 0 Å². The quantitative estimate of drug-likeness (QED) is 0.0606. The first-order chi connectivity index (χ1) is 34.6. The summed E-state index contributed by atoms with van der Waals surface area (Å²) in [5.41, 5.74) is 0. The highest BCUT2D eigenvalue weighted by Gasteiger charge is 2.47. The van der Waals surface area contributed by atoms with Crippen molar-refractivity contribution in [2.75, 3.05) is 85.9 Å². The first-order valence-corrected chi connectivity index (χ1v) is 24.2. The van der Waals surface area contributed by atoms with Gasteiger partial charge in [-0.05, 0) is 25.7 Å². The summed E-state index contributed by atoms with van der Waals surface area (Å²) < 4.78 is 107. The fraction of sp³-hybridized carbons (Fsp3) is 0.872. The van der Waals surface area contributed by atoms with Crippen LogP contribution in [0.4, 0.5) is 13.2 Å². The Morgan fingerprint density at radius 1 is 0.459 bits per heavy atom. The Hall–Kier alpha value is -3.71. The minimum atomic E-state index is -4.64. The molecule has 0 aromatic carbocycles. The second-order valence-corrected chi connectivity index (χ2v) is 17.0. The summed E-state index contributed by atoms with van der Waals surface area (Å²) in [7, 11) is 0. The molecule has 0 aromatic heterocycles. The lowest BCUT2D eigenvalue weighted by Crippen LogP contribution is -2.59. The summed E-state index contributed by atoms with van der Waals surface area (Å²) in [4.78, 5) is 65.2. The van der Waals surface area contributed by atoms with Crippen LogP contribution >= 0.6 is 0 Å². The van der Waals surface area contributed by atoms with Gasteiger partial charge in [0, 0.05) is 66.6 Å². The average molecular weight is 1090 g/mol. The lowest BCUT2D eigenvalue weighted by atomic mass is 9.83. The number of alkyl halides is 3. The summed E-state index contributed by atoms with van der Waals surface area (Å²) in [6, 6.07) is 0. The molecule has 74 heavy (non-hydrogen) atoms. The molecule has 3 aliphatic rings. The normalized spacial score (nSPS) is 29.5. The molecular formula is C47H81F3O24. The molecular weight excluding hydrogens is 1010 g/mol. The molecule has 27 heteroatoms. The highest BCUT2D eigenvalue weighted by molar-refractivity contribution is 5.81. The minimum Gasteiger partial charge on any atom is -0.463 e. The van der Waals surface area contributed by atoms with Crippen LogP contribution < -0.4 is 0 Å². The number of hydrogen-bond donors (Lipinski definition) is 4. The number of aliphatic hydroxyl groups is 4. The molecule has 0 aliphatic carbocycles. The molecule has 0 bridgehead atoms. The van der Waals surface area contributed by atoms with Gasteiger partial charge in [-0.3, -0.25) is 28.8 Å². The van der Waals surface area contributed by atoms with Crippen molar-refractivity contribution in [2.24, 2.45) is 23.7 Å². The molecule has 24 nitrogen and oxygen atoms in total. The molecule has 4 N–H and O–H groups in total. The molecule has 3 rings (SSSR count). The maximum atomic E-state index is 11.4. The molecule has 0 saturated carbocycles. The third-order valence-electron chi connectivity index (χ3n) is 11.2. The Labute approximate surface area is 430 Å². The Balaban J connectivity index is 0.00000102. The summed E-state index contributed by atoms with van der Waals surface area (Å²) >= 11 is 0. The van der Waals surface area contributed by atoms with Gasteiger partial charge in [0.15, 0.2) is 24.8 Å². The van der Waals surface area contributed by atoms with Crippen LogP contribution in [0.3, 0.4) is 0 Å². The maximum Gasteiger partial charge on any atom is 0.449 e. The molecule has 0 amide bonds. The summed E-state index contributed by atoms with van der Waals surface area (Å²) in [6.07, 6.45) is -14.6. The van der Waals surface area contributed by atoms with Crippen LogP contribution in [0.5, 0.6) is 0 Å². The van der Waals surface area contributed by atoms with Crippen LogP contribution in [0, 0.1) is 23.7 Å². The fourth-order valence-corrected chi connectivity index (χ4v) is 6.78. The van der Waals surface area contributed by atoms with E-state index in [-0.39, 0.29) is 68.8 Å². The summed E-state index contributed by atoms with van der Waals surface area (Å²) in [5.74, 6) is -4.08. The highest BCUT2D eigenvalue weighted by Crippen LogP contribution is 2.35. The van der Waals surface area contributed by atoms with Gasteiger partial charge in [-0.1, -0.05) is 27.7 Å². The van der Waals surface area contributed by atoms with Crippen molar-refractivity contribution in [1.82, 2.24) is 0 Å². The molecule has 434 valence electrons. The molecule has 15 atom stereocenters. The van der Waals surface area contributed by atoms with E-state index in [4.69, 9.17) is 71.4 Å². The van der Waals surface area contributed by atoms with Crippen LogP contribution in [-0.4, -0.2) is 216 Å². The van der Waals surface area contributed by atoms with Crippen molar-refractivity contribution < 1.29 is 129 Å². The van der Waals surface area contributed by atoms with Crippen LogP contribution in [0.15, 0.2) is 0 Å². The Kier molecular flexibility index (Phi) is 36.0. The predicted molar refractivity (Wildman–Crippen MR) is 247 cm³/mol. The van der Waals surface area contributed by atoms with Crippen molar-refractivity contribution >= 4 is 35.6 Å². The molecule has 3 aliphatic heterocycles. The van der Waals surface area contributed by atoms with E-state index in [2.05, 4.69) is 0 Å².